The van der Waals surface area contributed by atoms with Gasteiger partial charge in [-0.15, -0.1) is 0 Å². The van der Waals surface area contributed by atoms with Crippen molar-refractivity contribution in [1.29, 1.82) is 0 Å². The number of carbonyl (C=O) groups is 1. The predicted molar refractivity (Wildman–Crippen MR) is 149 cm³/mol. The Morgan fingerprint density at radius 1 is 1.19 bits per heavy atom. The summed E-state index contributed by atoms with van der Waals surface area (Å²) in [5.41, 5.74) is 1.31. The Morgan fingerprint density at radius 3 is 2.76 bits per heavy atom. The number of hydrogen-bond acceptors (Lipinski definition) is 6. The number of aliphatic hydroxyl groups is 1. The number of carbonyl (C=O) groups excluding carboxylic acids is 1. The number of unbranched alkanes of at least 4 members (excludes halogenated alkanes) is 1. The van der Waals surface area contributed by atoms with Gasteiger partial charge in [-0.25, -0.2) is 0 Å². The van der Waals surface area contributed by atoms with Gasteiger partial charge >= 0.3 is 0 Å². The lowest BCUT2D eigenvalue weighted by molar-refractivity contribution is -0.492. The molecule has 1 saturated carbocycles. The van der Waals surface area contributed by atoms with Crippen molar-refractivity contribution in [3.05, 3.63) is 60.2 Å². The molecular formula is C29H47BN2O5. The molecule has 1 aromatic carbocycles. The normalized spacial score (nSPS) is 19.6. The maximum atomic E-state index is 11.6. The molecular weight excluding hydrogens is 467 g/mol. The lowest BCUT2D eigenvalue weighted by atomic mass is 9.57. The molecule has 0 saturated heterocycles. The second-order valence-corrected chi connectivity index (χ2v) is 10.2. The Balaban J connectivity index is 1.84. The molecule has 2 rings (SSSR count). The zero-order valence-electron chi connectivity index (χ0n) is 22.5. The minimum atomic E-state index is -0.457. The minimum Gasteiger partial charge on any atom is -0.402 e. The molecule has 1 amide bonds. The molecule has 1 fully saturated rings. The first kappa shape index (κ1) is 31.3. The van der Waals surface area contributed by atoms with Crippen LogP contribution in [0.5, 0.6) is 0 Å². The number of rotatable bonds is 19. The van der Waals surface area contributed by atoms with Gasteiger partial charge in [0.05, 0.1) is 12.0 Å². The van der Waals surface area contributed by atoms with E-state index >= 15 is 0 Å². The van der Waals surface area contributed by atoms with E-state index in [2.05, 4.69) is 58.7 Å². The number of amides is 1. The van der Waals surface area contributed by atoms with E-state index in [0.29, 0.717) is 44.9 Å². The smallest absolute Gasteiger partial charge is 0.219 e. The van der Waals surface area contributed by atoms with Crippen LogP contribution in [0.2, 0.25) is 5.82 Å². The van der Waals surface area contributed by atoms with Gasteiger partial charge < -0.3 is 10.4 Å². The molecule has 1 aromatic rings. The predicted octanol–water partition coefficient (Wildman–Crippen LogP) is 5.18. The number of benzene rings is 1. The largest absolute Gasteiger partial charge is 0.402 e. The number of hydrogen-bond donors (Lipinski definition) is 4. The quantitative estimate of drug-likeness (QED) is 0.0879. The maximum Gasteiger partial charge on any atom is 0.219 e. The van der Waals surface area contributed by atoms with E-state index in [0.717, 1.165) is 32.1 Å². The van der Waals surface area contributed by atoms with Gasteiger partial charge in [-0.05, 0) is 87.9 Å². The van der Waals surface area contributed by atoms with Crippen molar-refractivity contribution in [1.82, 2.24) is 10.7 Å². The fraction of sp³-hybridized carbons (Fsp3) is 0.621. The number of aliphatic hydroxyl groups excluding tert-OH is 1. The number of nitrogens with one attached hydrogen (secondary N) is 1. The maximum absolute atomic E-state index is 11.6. The summed E-state index contributed by atoms with van der Waals surface area (Å²) in [4.78, 5) is 16.2. The molecule has 8 heteroatoms. The highest BCUT2D eigenvalue weighted by atomic mass is 17.1. The SMILES string of the molecule is CCNC(=O)CCC/C=C\C[C@H]1CCC[C@@H]1/C=C/[C@@H](BC(O)CCCON(O)O)CCc1ccccc1. The summed E-state index contributed by atoms with van der Waals surface area (Å²) in [7, 11) is 0.689. The topological polar surface area (TPSA) is 102 Å². The molecule has 1 aliphatic carbocycles. The van der Waals surface area contributed by atoms with E-state index in [1.165, 1.54) is 24.8 Å². The van der Waals surface area contributed by atoms with Gasteiger partial charge in [0.15, 0.2) is 7.28 Å². The lowest BCUT2D eigenvalue weighted by Crippen LogP contribution is -2.22. The zero-order valence-corrected chi connectivity index (χ0v) is 22.5. The summed E-state index contributed by atoms with van der Waals surface area (Å²) in [6.45, 7) is 2.79. The van der Waals surface area contributed by atoms with Crippen LogP contribution in [0.3, 0.4) is 0 Å². The van der Waals surface area contributed by atoms with Crippen molar-refractivity contribution in [3.8, 4) is 0 Å². The average molecular weight is 515 g/mol. The van der Waals surface area contributed by atoms with Crippen LogP contribution in [0.4, 0.5) is 0 Å². The van der Waals surface area contributed by atoms with Crippen LogP contribution in [0.25, 0.3) is 0 Å². The first-order valence-electron chi connectivity index (χ1n) is 14.1. The molecule has 206 valence electrons. The zero-order chi connectivity index (χ0) is 26.7. The number of allylic oxidation sites excluding steroid dienone is 4. The molecule has 0 aromatic heterocycles. The summed E-state index contributed by atoms with van der Waals surface area (Å²) in [6.07, 6.45) is 19.6. The van der Waals surface area contributed by atoms with Crippen molar-refractivity contribution in [2.75, 3.05) is 13.2 Å². The minimum absolute atomic E-state index is 0.138. The lowest BCUT2D eigenvalue weighted by Gasteiger charge is -2.19. The Labute approximate surface area is 223 Å². The van der Waals surface area contributed by atoms with Crippen molar-refractivity contribution >= 4 is 13.2 Å². The molecule has 1 aliphatic rings. The average Bonchev–Trinajstić information content (AvgIpc) is 3.33. The van der Waals surface area contributed by atoms with Crippen molar-refractivity contribution < 1.29 is 25.2 Å². The number of aryl methyl sites for hydroxylation is 1. The van der Waals surface area contributed by atoms with Crippen molar-refractivity contribution in [2.45, 2.75) is 89.4 Å². The molecule has 0 bridgehead atoms. The van der Waals surface area contributed by atoms with Crippen LogP contribution < -0.4 is 5.32 Å². The van der Waals surface area contributed by atoms with E-state index < -0.39 is 6.00 Å². The summed E-state index contributed by atoms with van der Waals surface area (Å²) >= 11 is 0. The molecule has 1 unspecified atom stereocenters. The van der Waals surface area contributed by atoms with Gasteiger partial charge in [0.25, 0.3) is 0 Å². The van der Waals surface area contributed by atoms with Crippen LogP contribution in [-0.4, -0.2) is 53.3 Å². The van der Waals surface area contributed by atoms with Gasteiger partial charge in [0, 0.05) is 19.0 Å². The molecule has 0 radical (unpaired) electrons. The van der Waals surface area contributed by atoms with E-state index in [-0.39, 0.29) is 23.7 Å². The summed E-state index contributed by atoms with van der Waals surface area (Å²) in [5.74, 6) is 1.66. The molecule has 0 spiro atoms. The van der Waals surface area contributed by atoms with Gasteiger partial charge in [0.2, 0.25) is 5.91 Å². The Bertz CT molecular complexity index is 790. The van der Waals surface area contributed by atoms with E-state index in [4.69, 9.17) is 10.4 Å². The van der Waals surface area contributed by atoms with Gasteiger partial charge in [-0.2, -0.15) is 0 Å². The summed E-state index contributed by atoms with van der Waals surface area (Å²) < 4.78 is 0. The molecule has 0 heterocycles. The molecule has 4 N–H and O–H groups in total. The van der Waals surface area contributed by atoms with Crippen LogP contribution in [-0.2, 0) is 16.1 Å². The molecule has 0 aliphatic heterocycles. The Hall–Kier alpha value is -1.97. The summed E-state index contributed by atoms with van der Waals surface area (Å²) in [6, 6.07) is 10.0. The number of nitrogens with zero attached hydrogens (tertiary/aromatic N) is 1. The Kier molecular flexibility index (Phi) is 16.2. The first-order valence-corrected chi connectivity index (χ1v) is 14.1. The van der Waals surface area contributed by atoms with Gasteiger partial charge in [0.1, 0.15) is 0 Å². The second kappa shape index (κ2) is 19.2. The molecule has 7 nitrogen and oxygen atoms in total. The fourth-order valence-corrected chi connectivity index (χ4v) is 5.19. The monoisotopic (exact) mass is 514 g/mol. The second-order valence-electron chi connectivity index (χ2n) is 10.2. The highest BCUT2D eigenvalue weighted by Gasteiger charge is 2.24. The van der Waals surface area contributed by atoms with Crippen LogP contribution in [0, 0.1) is 11.8 Å². The van der Waals surface area contributed by atoms with Crippen LogP contribution in [0.15, 0.2) is 54.6 Å². The van der Waals surface area contributed by atoms with Crippen molar-refractivity contribution in [2.24, 2.45) is 11.8 Å². The Morgan fingerprint density at radius 2 is 2.00 bits per heavy atom. The van der Waals surface area contributed by atoms with Crippen LogP contribution in [0.1, 0.15) is 76.7 Å². The molecule has 4 atom stereocenters. The van der Waals surface area contributed by atoms with Gasteiger partial charge in [-0.1, -0.05) is 61.1 Å². The highest BCUT2D eigenvalue weighted by molar-refractivity contribution is 6.40. The third-order valence-electron chi connectivity index (χ3n) is 7.21. The van der Waals surface area contributed by atoms with Crippen molar-refractivity contribution in [3.63, 3.8) is 0 Å². The van der Waals surface area contributed by atoms with E-state index in [9.17, 15) is 9.90 Å². The standard InChI is InChI=1S/C29H47BN2O5/c1-2-31-29(34)18-9-4-3-8-14-25-15-10-16-26(25)20-22-27(21-19-24-12-6-5-7-13-24)30-28(33)17-11-23-37-32(35)36/h3,5-8,12-13,20,22,25-28,30,33,35-36H,2,4,9-11,14-19,21,23H2,1H3,(H,31,34)/b8-3-,22-20+/t25-,26+,27-,28?/m0/s1. The van der Waals surface area contributed by atoms with E-state index in [1.54, 1.807) is 0 Å². The van der Waals surface area contributed by atoms with Crippen LogP contribution >= 0.6 is 0 Å². The highest BCUT2D eigenvalue weighted by Crippen LogP contribution is 2.36. The first-order chi connectivity index (χ1) is 18.0. The third-order valence-corrected chi connectivity index (χ3v) is 7.21. The fourth-order valence-electron chi connectivity index (χ4n) is 5.19. The third kappa shape index (κ3) is 14.5. The van der Waals surface area contributed by atoms with Gasteiger partial charge in [-0.3, -0.25) is 20.0 Å². The molecule has 37 heavy (non-hydrogen) atoms. The summed E-state index contributed by atoms with van der Waals surface area (Å²) in [5, 5.41) is 30.5. The van der Waals surface area contributed by atoms with E-state index in [1.807, 2.05) is 13.0 Å².